The van der Waals surface area contributed by atoms with Crippen LogP contribution in [0.4, 0.5) is 0 Å². The summed E-state index contributed by atoms with van der Waals surface area (Å²) < 4.78 is 11.3. The lowest BCUT2D eigenvalue weighted by atomic mass is 9.72. The standard InChI is InChI=1S/C22H28N2O3/c1-4-15-13-24-10-8-16(15)11-21(24)22(27-14(2)25)18-7-9-23-20-6-5-17(26-3)12-19(18)20/h5-7,9,12,15-16,21-22H,4,8,10-11,13H2,1-3H3/t15-,16-,21-,22-/m0/s1. The SMILES string of the molecule is CC[C@H]1CN2CC[C@H]1C[C@H]2[C@@H](OC(C)=O)c1ccnc2ccc(OC)cc12. The van der Waals surface area contributed by atoms with Gasteiger partial charge in [0, 0.05) is 30.6 Å². The van der Waals surface area contributed by atoms with E-state index in [2.05, 4.69) is 16.8 Å². The van der Waals surface area contributed by atoms with Crippen molar-refractivity contribution in [1.29, 1.82) is 0 Å². The lowest BCUT2D eigenvalue weighted by Crippen LogP contribution is -2.55. The number of aromatic nitrogens is 1. The summed E-state index contributed by atoms with van der Waals surface area (Å²) in [6.07, 6.45) is 5.10. The summed E-state index contributed by atoms with van der Waals surface area (Å²) in [5.74, 6) is 2.05. The Labute approximate surface area is 160 Å². The number of pyridine rings is 1. The van der Waals surface area contributed by atoms with Crippen LogP contribution in [0.3, 0.4) is 0 Å². The quantitative estimate of drug-likeness (QED) is 0.748. The second-order valence-electron chi connectivity index (χ2n) is 7.83. The van der Waals surface area contributed by atoms with Crippen molar-refractivity contribution >= 4 is 16.9 Å². The number of nitrogens with zero attached hydrogens (tertiary/aromatic N) is 2. The fraction of sp³-hybridized carbons (Fsp3) is 0.545. The molecule has 27 heavy (non-hydrogen) atoms. The van der Waals surface area contributed by atoms with Crippen LogP contribution in [0.1, 0.15) is 44.8 Å². The van der Waals surface area contributed by atoms with Gasteiger partial charge in [-0.15, -0.1) is 0 Å². The number of carbonyl (C=O) groups excluding carboxylic acids is 1. The van der Waals surface area contributed by atoms with Gasteiger partial charge in [0.1, 0.15) is 11.9 Å². The highest BCUT2D eigenvalue weighted by atomic mass is 16.5. The predicted molar refractivity (Wildman–Crippen MR) is 105 cm³/mol. The van der Waals surface area contributed by atoms with Gasteiger partial charge < -0.3 is 9.47 Å². The molecule has 3 saturated heterocycles. The lowest BCUT2D eigenvalue weighted by Gasteiger charge is -2.51. The molecule has 0 amide bonds. The Morgan fingerprint density at radius 2 is 2.22 bits per heavy atom. The first-order valence-corrected chi connectivity index (χ1v) is 9.94. The Morgan fingerprint density at radius 1 is 1.37 bits per heavy atom. The second kappa shape index (κ2) is 7.47. The molecule has 0 saturated carbocycles. The molecular formula is C22H28N2O3. The maximum absolute atomic E-state index is 12.0. The average Bonchev–Trinajstić information content (AvgIpc) is 2.71. The number of hydrogen-bond donors (Lipinski definition) is 0. The Kier molecular flexibility index (Phi) is 5.04. The molecule has 0 aliphatic carbocycles. The highest BCUT2D eigenvalue weighted by Crippen LogP contribution is 2.44. The van der Waals surface area contributed by atoms with Crippen LogP contribution >= 0.6 is 0 Å². The molecule has 5 atom stereocenters. The number of hydrogen-bond acceptors (Lipinski definition) is 5. The highest BCUT2D eigenvalue weighted by Gasteiger charge is 2.44. The first kappa shape index (κ1) is 18.2. The molecule has 2 aromatic rings. The van der Waals surface area contributed by atoms with E-state index in [0.29, 0.717) is 0 Å². The topological polar surface area (TPSA) is 51.7 Å². The number of carbonyl (C=O) groups is 1. The van der Waals surface area contributed by atoms with Crippen molar-refractivity contribution in [1.82, 2.24) is 9.88 Å². The van der Waals surface area contributed by atoms with Crippen LogP contribution in [0.25, 0.3) is 10.9 Å². The molecule has 0 spiro atoms. The maximum atomic E-state index is 12.0. The van der Waals surface area contributed by atoms with E-state index in [1.54, 1.807) is 7.11 Å². The number of rotatable bonds is 5. The summed E-state index contributed by atoms with van der Waals surface area (Å²) in [6.45, 7) is 5.99. The zero-order valence-electron chi connectivity index (χ0n) is 16.4. The zero-order valence-corrected chi connectivity index (χ0v) is 16.4. The van der Waals surface area contributed by atoms with Crippen LogP contribution in [0.2, 0.25) is 0 Å². The molecule has 5 nitrogen and oxygen atoms in total. The molecule has 144 valence electrons. The fourth-order valence-corrected chi connectivity index (χ4v) is 5.01. The molecule has 0 N–H and O–H groups in total. The van der Waals surface area contributed by atoms with Gasteiger partial charge in [-0.3, -0.25) is 14.7 Å². The molecule has 1 aromatic carbocycles. The van der Waals surface area contributed by atoms with Crippen LogP contribution in [-0.4, -0.2) is 42.1 Å². The van der Waals surface area contributed by atoms with Crippen molar-refractivity contribution in [3.8, 4) is 5.75 Å². The smallest absolute Gasteiger partial charge is 0.303 e. The molecule has 1 aromatic heterocycles. The number of fused-ring (bicyclic) bond motifs is 4. The number of piperidine rings is 3. The number of benzene rings is 1. The van der Waals surface area contributed by atoms with Crippen molar-refractivity contribution in [2.45, 2.75) is 45.3 Å². The first-order valence-electron chi connectivity index (χ1n) is 9.94. The van der Waals surface area contributed by atoms with Crippen molar-refractivity contribution in [2.75, 3.05) is 20.2 Å². The van der Waals surface area contributed by atoms with Gasteiger partial charge in [0.15, 0.2) is 0 Å². The molecule has 0 radical (unpaired) electrons. The molecule has 1 unspecified atom stereocenters. The van der Waals surface area contributed by atoms with Gasteiger partial charge in [0.2, 0.25) is 0 Å². The summed E-state index contributed by atoms with van der Waals surface area (Å²) >= 11 is 0. The first-order chi connectivity index (χ1) is 13.1. The lowest BCUT2D eigenvalue weighted by molar-refractivity contribution is -0.155. The van der Waals surface area contributed by atoms with Crippen molar-refractivity contribution in [3.05, 3.63) is 36.0 Å². The van der Waals surface area contributed by atoms with Gasteiger partial charge in [0.05, 0.1) is 18.7 Å². The van der Waals surface area contributed by atoms with Crippen molar-refractivity contribution in [3.63, 3.8) is 0 Å². The third-order valence-corrected chi connectivity index (χ3v) is 6.39. The largest absolute Gasteiger partial charge is 0.497 e. The van der Waals surface area contributed by atoms with Crippen molar-refractivity contribution in [2.24, 2.45) is 11.8 Å². The Hall–Kier alpha value is -2.14. The molecule has 5 rings (SSSR count). The van der Waals surface area contributed by atoms with Crippen LogP contribution < -0.4 is 4.74 Å². The van der Waals surface area contributed by atoms with E-state index in [0.717, 1.165) is 53.6 Å². The van der Waals surface area contributed by atoms with E-state index >= 15 is 0 Å². The summed E-state index contributed by atoms with van der Waals surface area (Å²) in [7, 11) is 1.66. The molecule has 3 fully saturated rings. The molecule has 3 aliphatic rings. The monoisotopic (exact) mass is 368 g/mol. The molecule has 3 aliphatic heterocycles. The average molecular weight is 368 g/mol. The minimum absolute atomic E-state index is 0.229. The van der Waals surface area contributed by atoms with Gasteiger partial charge in [-0.25, -0.2) is 0 Å². The summed E-state index contributed by atoms with van der Waals surface area (Å²) in [4.78, 5) is 19.0. The number of esters is 1. The van der Waals surface area contributed by atoms with Crippen molar-refractivity contribution < 1.29 is 14.3 Å². The molecule has 5 heteroatoms. The number of methoxy groups -OCH3 is 1. The van der Waals surface area contributed by atoms with Crippen LogP contribution in [0, 0.1) is 11.8 Å². The Bertz CT molecular complexity index is 837. The minimum Gasteiger partial charge on any atom is -0.497 e. The summed E-state index contributed by atoms with van der Waals surface area (Å²) in [5, 5.41) is 0.998. The maximum Gasteiger partial charge on any atom is 0.303 e. The van der Waals surface area contributed by atoms with Gasteiger partial charge in [-0.05, 0) is 55.5 Å². The second-order valence-corrected chi connectivity index (χ2v) is 7.83. The minimum atomic E-state index is -0.277. The Balaban J connectivity index is 1.75. The van der Waals surface area contributed by atoms with E-state index in [1.165, 1.54) is 19.8 Å². The summed E-state index contributed by atoms with van der Waals surface area (Å²) in [6, 6.07) is 8.10. The fourth-order valence-electron chi connectivity index (χ4n) is 5.01. The van der Waals surface area contributed by atoms with Gasteiger partial charge in [-0.1, -0.05) is 13.3 Å². The summed E-state index contributed by atoms with van der Waals surface area (Å²) in [5.41, 5.74) is 1.92. The highest BCUT2D eigenvalue weighted by molar-refractivity contribution is 5.84. The third-order valence-electron chi connectivity index (χ3n) is 6.39. The van der Waals surface area contributed by atoms with Gasteiger partial charge >= 0.3 is 5.97 Å². The molecular weight excluding hydrogens is 340 g/mol. The Morgan fingerprint density at radius 3 is 2.89 bits per heavy atom. The van der Waals surface area contributed by atoms with Gasteiger partial charge in [-0.2, -0.15) is 0 Å². The number of ether oxygens (including phenoxy) is 2. The van der Waals surface area contributed by atoms with Crippen LogP contribution in [0.5, 0.6) is 5.75 Å². The van der Waals surface area contributed by atoms with Gasteiger partial charge in [0.25, 0.3) is 0 Å². The van der Waals surface area contributed by atoms with E-state index in [-0.39, 0.29) is 18.1 Å². The van der Waals surface area contributed by atoms with E-state index in [4.69, 9.17) is 9.47 Å². The normalized spacial score (nSPS) is 28.1. The third kappa shape index (κ3) is 3.41. The van der Waals surface area contributed by atoms with E-state index < -0.39 is 0 Å². The zero-order chi connectivity index (χ0) is 19.0. The van der Waals surface area contributed by atoms with E-state index in [1.807, 2.05) is 30.5 Å². The molecule has 2 bridgehead atoms. The predicted octanol–water partition coefficient (Wildman–Crippen LogP) is 3.97. The van der Waals surface area contributed by atoms with Crippen LogP contribution in [-0.2, 0) is 9.53 Å². The van der Waals surface area contributed by atoms with E-state index in [9.17, 15) is 4.79 Å². The van der Waals surface area contributed by atoms with Crippen LogP contribution in [0.15, 0.2) is 30.5 Å². The molecule has 4 heterocycles.